The fourth-order valence-electron chi connectivity index (χ4n) is 1.14. The van der Waals surface area contributed by atoms with E-state index in [1.54, 1.807) is 12.1 Å². The molecule has 0 aliphatic rings. The molecular weight excluding hydrogens is 244 g/mol. The first-order valence-electron chi connectivity index (χ1n) is 4.71. The molecule has 4 nitrogen and oxygen atoms in total. The minimum absolute atomic E-state index is 0.0758. The normalized spacial score (nSPS) is 11.6. The molecule has 0 amide bonds. The quantitative estimate of drug-likeness (QED) is 0.782. The molecule has 0 saturated carbocycles. The lowest BCUT2D eigenvalue weighted by molar-refractivity contribution is 0.505. The smallest absolute Gasteiger partial charge is 0.253 e. The van der Waals surface area contributed by atoms with Crippen LogP contribution in [-0.4, -0.2) is 32.9 Å². The third-order valence-electron chi connectivity index (χ3n) is 2.01. The number of hydrogen-bond acceptors (Lipinski definition) is 4. The molecule has 16 heavy (non-hydrogen) atoms. The predicted molar refractivity (Wildman–Crippen MR) is 65.7 cm³/mol. The zero-order chi connectivity index (χ0) is 12.2. The second-order valence-corrected chi connectivity index (χ2v) is 6.66. The maximum atomic E-state index is 11.9. The Kier molecular flexibility index (Phi) is 4.50. The molecule has 6 heteroatoms. The lowest BCUT2D eigenvalue weighted by Crippen LogP contribution is -2.26. The lowest BCUT2D eigenvalue weighted by atomic mass is 10.3. The first kappa shape index (κ1) is 13.2. The minimum Gasteiger partial charge on any atom is -0.330 e. The van der Waals surface area contributed by atoms with E-state index in [4.69, 9.17) is 12.2 Å². The Morgan fingerprint density at radius 3 is 2.81 bits per heavy atom. The van der Waals surface area contributed by atoms with Crippen LogP contribution in [0.5, 0.6) is 0 Å². The molecule has 1 heterocycles. The van der Waals surface area contributed by atoms with Crippen LogP contribution in [0.2, 0.25) is 0 Å². The van der Waals surface area contributed by atoms with E-state index in [0.717, 1.165) is 9.18 Å². The van der Waals surface area contributed by atoms with Crippen LogP contribution in [0.4, 0.5) is 0 Å². The molecule has 0 atom stereocenters. The van der Waals surface area contributed by atoms with E-state index in [0.29, 0.717) is 17.2 Å². The van der Waals surface area contributed by atoms with Gasteiger partial charge in [0.1, 0.15) is 4.21 Å². The summed E-state index contributed by atoms with van der Waals surface area (Å²) >= 11 is 1.24. The monoisotopic (exact) mass is 258 g/mol. The summed E-state index contributed by atoms with van der Waals surface area (Å²) in [4.78, 5) is 0.968. The summed E-state index contributed by atoms with van der Waals surface area (Å²) in [5, 5.41) is 0. The molecule has 0 aliphatic heterocycles. The molecule has 88 valence electrons. The Bertz CT molecular complexity index is 485. The van der Waals surface area contributed by atoms with Crippen LogP contribution in [0, 0.1) is 12.3 Å². The summed E-state index contributed by atoms with van der Waals surface area (Å²) in [7, 11) is -1.96. The summed E-state index contributed by atoms with van der Waals surface area (Å²) in [6.07, 6.45) is 5.78. The van der Waals surface area contributed by atoms with Crippen molar-refractivity contribution in [3.63, 3.8) is 0 Å². The highest BCUT2D eigenvalue weighted by Crippen LogP contribution is 2.24. The van der Waals surface area contributed by atoms with Crippen molar-refractivity contribution in [1.82, 2.24) is 4.31 Å². The summed E-state index contributed by atoms with van der Waals surface area (Å²) in [6.45, 7) is 0.590. The van der Waals surface area contributed by atoms with E-state index >= 15 is 0 Å². The van der Waals surface area contributed by atoms with Crippen LogP contribution in [0.3, 0.4) is 0 Å². The Hall–Kier alpha value is -0.870. The number of rotatable bonds is 5. The number of nitrogens with two attached hydrogens (primary N) is 1. The van der Waals surface area contributed by atoms with Crippen LogP contribution in [0.25, 0.3) is 0 Å². The minimum atomic E-state index is -3.43. The highest BCUT2D eigenvalue weighted by Gasteiger charge is 2.21. The molecule has 0 radical (unpaired) electrons. The van der Waals surface area contributed by atoms with Crippen LogP contribution < -0.4 is 5.73 Å². The second-order valence-electron chi connectivity index (χ2n) is 3.22. The van der Waals surface area contributed by atoms with Crippen molar-refractivity contribution in [3.05, 3.63) is 17.0 Å². The molecule has 0 spiro atoms. The fraction of sp³-hybridized carbons (Fsp3) is 0.400. The SMILES string of the molecule is C#CCN(C)S(=O)(=O)c1ccc(CCN)s1. The van der Waals surface area contributed by atoms with E-state index in [9.17, 15) is 8.42 Å². The van der Waals surface area contributed by atoms with Gasteiger partial charge in [0.2, 0.25) is 0 Å². The predicted octanol–water partition coefficient (Wildman–Crippen LogP) is 0.503. The maximum Gasteiger partial charge on any atom is 0.253 e. The zero-order valence-corrected chi connectivity index (χ0v) is 10.6. The van der Waals surface area contributed by atoms with Crippen molar-refractivity contribution in [2.75, 3.05) is 20.1 Å². The first-order chi connectivity index (χ1) is 7.52. The van der Waals surface area contributed by atoms with Crippen LogP contribution >= 0.6 is 11.3 Å². The van der Waals surface area contributed by atoms with Crippen LogP contribution in [0.15, 0.2) is 16.3 Å². The number of terminal acetylenes is 1. The number of hydrogen-bond donors (Lipinski definition) is 1. The van der Waals surface area contributed by atoms with Crippen molar-refractivity contribution in [2.24, 2.45) is 5.73 Å². The molecule has 0 fully saturated rings. The van der Waals surface area contributed by atoms with Gasteiger partial charge in [0, 0.05) is 11.9 Å². The van der Waals surface area contributed by atoms with E-state index < -0.39 is 10.0 Å². The van der Waals surface area contributed by atoms with Gasteiger partial charge in [-0.2, -0.15) is 4.31 Å². The highest BCUT2D eigenvalue weighted by molar-refractivity contribution is 7.91. The second kappa shape index (κ2) is 5.46. The number of thiophene rings is 1. The summed E-state index contributed by atoms with van der Waals surface area (Å²) in [5.41, 5.74) is 5.41. The summed E-state index contributed by atoms with van der Waals surface area (Å²) < 4.78 is 25.4. The average molecular weight is 258 g/mol. The van der Waals surface area contributed by atoms with Crippen molar-refractivity contribution >= 4 is 21.4 Å². The van der Waals surface area contributed by atoms with Crippen molar-refractivity contribution in [3.8, 4) is 12.3 Å². The van der Waals surface area contributed by atoms with Crippen LogP contribution in [-0.2, 0) is 16.4 Å². The van der Waals surface area contributed by atoms with E-state index in [1.165, 1.54) is 18.4 Å². The molecular formula is C10H14N2O2S2. The first-order valence-corrected chi connectivity index (χ1v) is 6.96. The number of nitrogens with zero attached hydrogens (tertiary/aromatic N) is 1. The molecule has 1 aromatic heterocycles. The van der Waals surface area contributed by atoms with Gasteiger partial charge in [0.25, 0.3) is 10.0 Å². The molecule has 0 bridgehead atoms. The molecule has 1 rings (SSSR count). The molecule has 0 unspecified atom stereocenters. The van der Waals surface area contributed by atoms with E-state index in [1.807, 2.05) is 0 Å². The summed E-state index contributed by atoms with van der Waals surface area (Å²) in [5.74, 6) is 2.31. The number of sulfonamides is 1. The van der Waals surface area contributed by atoms with Crippen LogP contribution in [0.1, 0.15) is 4.88 Å². The van der Waals surface area contributed by atoms with Crippen molar-refractivity contribution in [2.45, 2.75) is 10.6 Å². The Labute approximate surface area is 100 Å². The zero-order valence-electron chi connectivity index (χ0n) is 9.01. The Morgan fingerprint density at radius 2 is 2.25 bits per heavy atom. The third kappa shape index (κ3) is 2.83. The Morgan fingerprint density at radius 1 is 1.56 bits per heavy atom. The van der Waals surface area contributed by atoms with Gasteiger partial charge in [0.05, 0.1) is 6.54 Å². The average Bonchev–Trinajstić information content (AvgIpc) is 2.68. The highest BCUT2D eigenvalue weighted by atomic mass is 32.2. The van der Waals surface area contributed by atoms with Gasteiger partial charge >= 0.3 is 0 Å². The largest absolute Gasteiger partial charge is 0.330 e. The van der Waals surface area contributed by atoms with Gasteiger partial charge in [-0.15, -0.1) is 17.8 Å². The molecule has 2 N–H and O–H groups in total. The topological polar surface area (TPSA) is 63.4 Å². The van der Waals surface area contributed by atoms with Gasteiger partial charge in [-0.3, -0.25) is 0 Å². The standard InChI is InChI=1S/C10H14N2O2S2/c1-3-8-12(2)16(13,14)10-5-4-9(15-10)6-7-11/h1,4-5H,6-8,11H2,2H3. The van der Waals surface area contributed by atoms with Crippen molar-refractivity contribution in [1.29, 1.82) is 0 Å². The summed E-state index contributed by atoms with van der Waals surface area (Å²) in [6, 6.07) is 3.38. The van der Waals surface area contributed by atoms with Gasteiger partial charge in [-0.25, -0.2) is 8.42 Å². The Balaban J connectivity index is 2.95. The molecule has 1 aromatic rings. The molecule has 0 saturated heterocycles. The third-order valence-corrected chi connectivity index (χ3v) is 5.42. The van der Waals surface area contributed by atoms with E-state index in [-0.39, 0.29) is 6.54 Å². The van der Waals surface area contributed by atoms with Gasteiger partial charge < -0.3 is 5.73 Å². The van der Waals surface area contributed by atoms with Gasteiger partial charge in [0.15, 0.2) is 0 Å². The molecule has 0 aliphatic carbocycles. The van der Waals surface area contributed by atoms with E-state index in [2.05, 4.69) is 5.92 Å². The maximum absolute atomic E-state index is 11.9. The van der Waals surface area contributed by atoms with Gasteiger partial charge in [-0.05, 0) is 25.1 Å². The molecule has 0 aromatic carbocycles. The fourth-order valence-corrected chi connectivity index (χ4v) is 3.81. The lowest BCUT2D eigenvalue weighted by Gasteiger charge is -2.12. The van der Waals surface area contributed by atoms with Crippen molar-refractivity contribution < 1.29 is 8.42 Å². The van der Waals surface area contributed by atoms with Gasteiger partial charge in [-0.1, -0.05) is 5.92 Å².